The molecule has 1 aliphatic heterocycles. The highest BCUT2D eigenvalue weighted by Crippen LogP contribution is 2.40. The number of nitrogens with zero attached hydrogens (tertiary/aromatic N) is 1. The minimum atomic E-state index is -4.44. The van der Waals surface area contributed by atoms with Crippen molar-refractivity contribution in [3.8, 4) is 5.75 Å². The van der Waals surface area contributed by atoms with E-state index in [1.165, 1.54) is 28.8 Å². The first kappa shape index (κ1) is 14.0. The van der Waals surface area contributed by atoms with Crippen LogP contribution in [-0.2, 0) is 6.18 Å². The highest BCUT2D eigenvalue weighted by Gasteiger charge is 2.36. The molecule has 0 unspecified atom stereocenters. The number of hydrogen-bond donors (Lipinski definition) is 1. The number of anilines is 1. The number of rotatable bonds is 3. The molecule has 1 aliphatic rings. The summed E-state index contributed by atoms with van der Waals surface area (Å²) >= 11 is 1.24. The van der Waals surface area contributed by atoms with E-state index < -0.39 is 11.7 Å². The highest BCUT2D eigenvalue weighted by molar-refractivity contribution is 8.14. The lowest BCUT2D eigenvalue weighted by atomic mass is 10.1. The van der Waals surface area contributed by atoms with E-state index in [0.717, 1.165) is 6.07 Å². The fourth-order valence-electron chi connectivity index (χ4n) is 1.87. The smallest absolute Gasteiger partial charge is 0.418 e. The molecule has 0 atom stereocenters. The highest BCUT2D eigenvalue weighted by atomic mass is 32.2. The molecule has 1 heterocycles. The van der Waals surface area contributed by atoms with Gasteiger partial charge in [0.05, 0.1) is 17.9 Å². The number of hydrogen-bond acceptors (Lipinski definition) is 3. The standard InChI is InChI=1S/C12H13F3N2OS/c1-2-18-8-3-4-9(12(13,14)15)10(7-8)17-5-6-19-11(17)16/h3-4,7,16H,2,5-6H2,1H3. The van der Waals surface area contributed by atoms with Crippen molar-refractivity contribution in [3.05, 3.63) is 23.8 Å². The van der Waals surface area contributed by atoms with Crippen LogP contribution in [0, 0.1) is 5.41 Å². The Balaban J connectivity index is 2.46. The first-order chi connectivity index (χ1) is 8.93. The lowest BCUT2D eigenvalue weighted by Crippen LogP contribution is -2.26. The van der Waals surface area contributed by atoms with E-state index in [2.05, 4.69) is 0 Å². The number of benzene rings is 1. The molecular weight excluding hydrogens is 277 g/mol. The zero-order valence-electron chi connectivity index (χ0n) is 10.3. The van der Waals surface area contributed by atoms with Gasteiger partial charge in [-0.15, -0.1) is 0 Å². The maximum Gasteiger partial charge on any atom is 0.418 e. The minimum Gasteiger partial charge on any atom is -0.494 e. The van der Waals surface area contributed by atoms with Crippen molar-refractivity contribution in [2.24, 2.45) is 0 Å². The molecule has 104 valence electrons. The molecule has 2 rings (SSSR count). The number of ether oxygens (including phenoxy) is 1. The molecule has 0 saturated carbocycles. The van der Waals surface area contributed by atoms with Crippen LogP contribution in [-0.4, -0.2) is 24.1 Å². The zero-order valence-corrected chi connectivity index (χ0v) is 11.1. The molecule has 1 saturated heterocycles. The van der Waals surface area contributed by atoms with E-state index in [0.29, 0.717) is 24.7 Å². The Hall–Kier alpha value is -1.37. The summed E-state index contributed by atoms with van der Waals surface area (Å²) in [5.74, 6) is 1.00. The van der Waals surface area contributed by atoms with Gasteiger partial charge in [0.25, 0.3) is 0 Å². The summed E-state index contributed by atoms with van der Waals surface area (Å²) < 4.78 is 44.2. The topological polar surface area (TPSA) is 36.3 Å². The molecule has 0 radical (unpaired) electrons. The lowest BCUT2D eigenvalue weighted by molar-refractivity contribution is -0.137. The molecule has 0 aromatic heterocycles. The van der Waals surface area contributed by atoms with Gasteiger partial charge in [0.1, 0.15) is 5.75 Å². The van der Waals surface area contributed by atoms with Crippen LogP contribution >= 0.6 is 11.8 Å². The average Bonchev–Trinajstić information content (AvgIpc) is 2.74. The average molecular weight is 290 g/mol. The second-order valence-electron chi connectivity index (χ2n) is 3.91. The molecule has 0 spiro atoms. The van der Waals surface area contributed by atoms with Crippen LogP contribution < -0.4 is 9.64 Å². The van der Waals surface area contributed by atoms with Gasteiger partial charge in [-0.1, -0.05) is 11.8 Å². The third kappa shape index (κ3) is 2.97. The molecule has 3 nitrogen and oxygen atoms in total. The van der Waals surface area contributed by atoms with Gasteiger partial charge in [-0.3, -0.25) is 5.41 Å². The molecule has 7 heteroatoms. The van der Waals surface area contributed by atoms with Crippen LogP contribution in [0.2, 0.25) is 0 Å². The molecule has 0 amide bonds. The Morgan fingerprint density at radius 3 is 2.68 bits per heavy atom. The van der Waals surface area contributed by atoms with E-state index in [1.54, 1.807) is 6.92 Å². The minimum absolute atomic E-state index is 0.00606. The summed E-state index contributed by atoms with van der Waals surface area (Å²) in [4.78, 5) is 1.37. The van der Waals surface area contributed by atoms with Crippen molar-refractivity contribution in [2.75, 3.05) is 23.8 Å². The Labute approximate surface area is 113 Å². The second kappa shape index (κ2) is 5.32. The van der Waals surface area contributed by atoms with E-state index >= 15 is 0 Å². The number of thioether (sulfide) groups is 1. The second-order valence-corrected chi connectivity index (χ2v) is 5.00. The van der Waals surface area contributed by atoms with Crippen LogP contribution in [0.3, 0.4) is 0 Å². The zero-order chi connectivity index (χ0) is 14.0. The summed E-state index contributed by atoms with van der Waals surface area (Å²) in [5.41, 5.74) is -0.739. The fourth-order valence-corrected chi connectivity index (χ4v) is 2.69. The molecule has 0 bridgehead atoms. The first-order valence-electron chi connectivity index (χ1n) is 5.76. The SMILES string of the molecule is CCOc1ccc(C(F)(F)F)c(N2CCSC2=N)c1. The normalized spacial score (nSPS) is 16.0. The van der Waals surface area contributed by atoms with Crippen LogP contribution in [0.1, 0.15) is 12.5 Å². The van der Waals surface area contributed by atoms with Crippen molar-refractivity contribution in [3.63, 3.8) is 0 Å². The number of alkyl halides is 3. The summed E-state index contributed by atoms with van der Waals surface area (Å²) in [7, 11) is 0. The van der Waals surface area contributed by atoms with Crippen LogP contribution in [0.15, 0.2) is 18.2 Å². The largest absolute Gasteiger partial charge is 0.494 e. The Morgan fingerprint density at radius 2 is 2.16 bits per heavy atom. The summed E-state index contributed by atoms with van der Waals surface area (Å²) in [6.45, 7) is 2.56. The molecule has 0 aliphatic carbocycles. The molecular formula is C12H13F3N2OS. The van der Waals surface area contributed by atoms with Crippen molar-refractivity contribution in [1.29, 1.82) is 5.41 Å². The third-order valence-corrected chi connectivity index (χ3v) is 3.56. The Bertz CT molecular complexity index is 490. The Morgan fingerprint density at radius 1 is 1.42 bits per heavy atom. The van der Waals surface area contributed by atoms with Gasteiger partial charge < -0.3 is 9.64 Å². The summed E-state index contributed by atoms with van der Waals surface area (Å²) in [5, 5.41) is 7.84. The van der Waals surface area contributed by atoms with Crippen molar-refractivity contribution in [1.82, 2.24) is 0 Å². The molecule has 1 N–H and O–H groups in total. The van der Waals surface area contributed by atoms with Crippen molar-refractivity contribution < 1.29 is 17.9 Å². The van der Waals surface area contributed by atoms with Crippen LogP contribution in [0.25, 0.3) is 0 Å². The van der Waals surface area contributed by atoms with Crippen LogP contribution in [0.5, 0.6) is 5.75 Å². The van der Waals surface area contributed by atoms with E-state index in [4.69, 9.17) is 10.1 Å². The maximum absolute atomic E-state index is 13.0. The quantitative estimate of drug-likeness (QED) is 0.924. The van der Waals surface area contributed by atoms with E-state index in [-0.39, 0.29) is 10.9 Å². The molecule has 1 fully saturated rings. The maximum atomic E-state index is 13.0. The van der Waals surface area contributed by atoms with Gasteiger partial charge >= 0.3 is 6.18 Å². The summed E-state index contributed by atoms with van der Waals surface area (Å²) in [6.07, 6.45) is -4.44. The van der Waals surface area contributed by atoms with Crippen LogP contribution in [0.4, 0.5) is 18.9 Å². The number of amidine groups is 1. The van der Waals surface area contributed by atoms with Gasteiger partial charge in [0.15, 0.2) is 5.17 Å². The summed E-state index contributed by atoms with van der Waals surface area (Å²) in [6, 6.07) is 3.67. The molecule has 1 aromatic carbocycles. The lowest BCUT2D eigenvalue weighted by Gasteiger charge is -2.22. The first-order valence-corrected chi connectivity index (χ1v) is 6.75. The van der Waals surface area contributed by atoms with Gasteiger partial charge in [-0.2, -0.15) is 13.2 Å². The van der Waals surface area contributed by atoms with E-state index in [9.17, 15) is 13.2 Å². The van der Waals surface area contributed by atoms with Gasteiger partial charge in [0, 0.05) is 18.4 Å². The van der Waals surface area contributed by atoms with Crippen molar-refractivity contribution in [2.45, 2.75) is 13.1 Å². The van der Waals surface area contributed by atoms with Gasteiger partial charge in [0.2, 0.25) is 0 Å². The number of nitrogens with one attached hydrogen (secondary N) is 1. The van der Waals surface area contributed by atoms with Gasteiger partial charge in [-0.05, 0) is 19.1 Å². The predicted molar refractivity (Wildman–Crippen MR) is 70.1 cm³/mol. The monoisotopic (exact) mass is 290 g/mol. The van der Waals surface area contributed by atoms with E-state index in [1.807, 2.05) is 0 Å². The predicted octanol–water partition coefficient (Wildman–Crippen LogP) is 3.59. The number of halogens is 3. The fraction of sp³-hybridized carbons (Fsp3) is 0.417. The van der Waals surface area contributed by atoms with Gasteiger partial charge in [-0.25, -0.2) is 0 Å². The molecule has 1 aromatic rings. The third-order valence-electron chi connectivity index (χ3n) is 2.68. The Kier molecular flexibility index (Phi) is 3.93. The van der Waals surface area contributed by atoms with Crippen molar-refractivity contribution >= 4 is 22.6 Å². The molecule has 19 heavy (non-hydrogen) atoms.